The maximum Gasteiger partial charge on any atom is 0.0471 e. The highest BCUT2D eigenvalue weighted by atomic mass is 35.5. The molecule has 1 saturated heterocycles. The van der Waals surface area contributed by atoms with Gasteiger partial charge in [0.15, 0.2) is 0 Å². The quantitative estimate of drug-likeness (QED) is 0.856. The molecule has 0 aliphatic carbocycles. The van der Waals surface area contributed by atoms with Gasteiger partial charge in [-0.3, -0.25) is 4.90 Å². The van der Waals surface area contributed by atoms with Crippen LogP contribution in [0, 0.1) is 0 Å². The van der Waals surface area contributed by atoms with Crippen molar-refractivity contribution in [3.63, 3.8) is 0 Å². The SMILES string of the molecule is Clc1ccc2cc(CN3CCCCC3)[nH]c2c1. The molecule has 0 saturated carbocycles. The number of nitrogens with zero attached hydrogens (tertiary/aromatic N) is 1. The van der Waals surface area contributed by atoms with Gasteiger partial charge in [-0.15, -0.1) is 0 Å². The van der Waals surface area contributed by atoms with Crippen molar-refractivity contribution in [3.05, 3.63) is 35.0 Å². The molecule has 0 atom stereocenters. The Morgan fingerprint density at radius 3 is 2.76 bits per heavy atom. The summed E-state index contributed by atoms with van der Waals surface area (Å²) in [6.07, 6.45) is 4.07. The Bertz CT molecular complexity index is 512. The molecule has 1 aromatic heterocycles. The molecule has 1 aromatic carbocycles. The maximum absolute atomic E-state index is 5.99. The van der Waals surface area contributed by atoms with Gasteiger partial charge in [0.1, 0.15) is 0 Å². The van der Waals surface area contributed by atoms with E-state index in [1.165, 1.54) is 43.4 Å². The number of piperidine rings is 1. The Morgan fingerprint density at radius 1 is 1.12 bits per heavy atom. The number of aromatic amines is 1. The van der Waals surface area contributed by atoms with E-state index >= 15 is 0 Å². The molecule has 0 amide bonds. The average molecular weight is 249 g/mol. The summed E-state index contributed by atoms with van der Waals surface area (Å²) >= 11 is 5.99. The van der Waals surface area contributed by atoms with Crippen molar-refractivity contribution < 1.29 is 0 Å². The molecule has 0 radical (unpaired) electrons. The van der Waals surface area contributed by atoms with Crippen molar-refractivity contribution in [1.29, 1.82) is 0 Å². The molecule has 1 aliphatic heterocycles. The van der Waals surface area contributed by atoms with Gasteiger partial charge in [0.25, 0.3) is 0 Å². The lowest BCUT2D eigenvalue weighted by Crippen LogP contribution is -2.29. The van der Waals surface area contributed by atoms with Crippen LogP contribution in [-0.4, -0.2) is 23.0 Å². The number of hydrogen-bond donors (Lipinski definition) is 1. The third kappa shape index (κ3) is 2.48. The first-order valence-corrected chi connectivity index (χ1v) is 6.68. The largest absolute Gasteiger partial charge is 0.357 e. The van der Waals surface area contributed by atoms with Gasteiger partial charge in [-0.25, -0.2) is 0 Å². The second-order valence-electron chi connectivity index (χ2n) is 4.86. The fourth-order valence-corrected chi connectivity index (χ4v) is 2.78. The van der Waals surface area contributed by atoms with Crippen molar-refractivity contribution in [2.24, 2.45) is 0 Å². The molecular weight excluding hydrogens is 232 g/mol. The Morgan fingerprint density at radius 2 is 1.94 bits per heavy atom. The van der Waals surface area contributed by atoms with Crippen LogP contribution in [0.3, 0.4) is 0 Å². The van der Waals surface area contributed by atoms with Crippen LogP contribution >= 0.6 is 11.6 Å². The van der Waals surface area contributed by atoms with E-state index in [9.17, 15) is 0 Å². The Hall–Kier alpha value is -0.990. The van der Waals surface area contributed by atoms with Crippen molar-refractivity contribution in [2.75, 3.05) is 13.1 Å². The lowest BCUT2D eigenvalue weighted by atomic mass is 10.1. The van der Waals surface area contributed by atoms with Gasteiger partial charge in [-0.05, 0) is 49.5 Å². The van der Waals surface area contributed by atoms with Gasteiger partial charge in [0.2, 0.25) is 0 Å². The minimum absolute atomic E-state index is 0.795. The van der Waals surface area contributed by atoms with Gasteiger partial charge in [-0.2, -0.15) is 0 Å². The molecule has 1 N–H and O–H groups in total. The average Bonchev–Trinajstić information content (AvgIpc) is 2.71. The highest BCUT2D eigenvalue weighted by Gasteiger charge is 2.11. The van der Waals surface area contributed by atoms with Crippen molar-refractivity contribution in [3.8, 4) is 0 Å². The number of benzene rings is 1. The summed E-state index contributed by atoms with van der Waals surface area (Å²) in [6, 6.07) is 8.26. The summed E-state index contributed by atoms with van der Waals surface area (Å²) in [5, 5.41) is 2.05. The third-order valence-electron chi connectivity index (χ3n) is 3.48. The maximum atomic E-state index is 5.99. The number of likely N-dealkylation sites (tertiary alicyclic amines) is 1. The molecule has 0 bridgehead atoms. The summed E-state index contributed by atoms with van der Waals surface area (Å²) in [5.41, 5.74) is 2.44. The number of halogens is 1. The molecule has 1 aliphatic rings. The molecule has 17 heavy (non-hydrogen) atoms. The number of H-pyrrole nitrogens is 1. The van der Waals surface area contributed by atoms with E-state index in [-0.39, 0.29) is 0 Å². The summed E-state index contributed by atoms with van der Waals surface area (Å²) in [4.78, 5) is 5.98. The van der Waals surface area contributed by atoms with Crippen molar-refractivity contribution >= 4 is 22.5 Å². The highest BCUT2D eigenvalue weighted by molar-refractivity contribution is 6.31. The second-order valence-corrected chi connectivity index (χ2v) is 5.30. The van der Waals surface area contributed by atoms with E-state index in [0.29, 0.717) is 0 Å². The summed E-state index contributed by atoms with van der Waals surface area (Å²) in [6.45, 7) is 3.50. The summed E-state index contributed by atoms with van der Waals surface area (Å²) in [5.74, 6) is 0. The first kappa shape index (κ1) is 11.1. The monoisotopic (exact) mass is 248 g/mol. The zero-order chi connectivity index (χ0) is 11.7. The van der Waals surface area contributed by atoms with Crippen LogP contribution in [-0.2, 0) is 6.54 Å². The van der Waals surface area contributed by atoms with Crippen LogP contribution in [0.25, 0.3) is 10.9 Å². The first-order chi connectivity index (χ1) is 8.31. The Kier molecular flexibility index (Phi) is 3.08. The van der Waals surface area contributed by atoms with Gasteiger partial charge < -0.3 is 4.98 Å². The van der Waals surface area contributed by atoms with E-state index in [1.54, 1.807) is 0 Å². The summed E-state index contributed by atoms with van der Waals surface area (Å²) in [7, 11) is 0. The van der Waals surface area contributed by atoms with Gasteiger partial charge >= 0.3 is 0 Å². The predicted octanol–water partition coefficient (Wildman–Crippen LogP) is 3.81. The topological polar surface area (TPSA) is 19.0 Å². The van der Waals surface area contributed by atoms with E-state index in [4.69, 9.17) is 11.6 Å². The Labute approximate surface area is 107 Å². The normalized spacial score (nSPS) is 17.7. The second kappa shape index (κ2) is 4.71. The minimum Gasteiger partial charge on any atom is -0.357 e. The van der Waals surface area contributed by atoms with Gasteiger partial charge in [-0.1, -0.05) is 24.1 Å². The zero-order valence-corrected chi connectivity index (χ0v) is 10.6. The van der Waals surface area contributed by atoms with Crippen LogP contribution in [0.15, 0.2) is 24.3 Å². The summed E-state index contributed by atoms with van der Waals surface area (Å²) < 4.78 is 0. The van der Waals surface area contributed by atoms with E-state index < -0.39 is 0 Å². The standard InChI is InChI=1S/C14H17ClN2/c15-12-5-4-11-8-13(16-14(11)9-12)10-17-6-2-1-3-7-17/h4-5,8-9,16H,1-3,6-7,10H2. The van der Waals surface area contributed by atoms with Crippen LogP contribution in [0.4, 0.5) is 0 Å². The lowest BCUT2D eigenvalue weighted by molar-refractivity contribution is 0.219. The van der Waals surface area contributed by atoms with Crippen molar-refractivity contribution in [1.82, 2.24) is 9.88 Å². The van der Waals surface area contributed by atoms with Crippen LogP contribution in [0.1, 0.15) is 25.0 Å². The highest BCUT2D eigenvalue weighted by Crippen LogP contribution is 2.21. The molecule has 2 heterocycles. The molecule has 1 fully saturated rings. The molecule has 0 spiro atoms. The molecule has 2 aromatic rings. The first-order valence-electron chi connectivity index (χ1n) is 6.31. The number of rotatable bonds is 2. The van der Waals surface area contributed by atoms with E-state index in [2.05, 4.69) is 22.0 Å². The number of aromatic nitrogens is 1. The molecule has 3 heteroatoms. The van der Waals surface area contributed by atoms with E-state index in [1.807, 2.05) is 12.1 Å². The molecule has 2 nitrogen and oxygen atoms in total. The molecule has 3 rings (SSSR count). The van der Waals surface area contributed by atoms with Crippen molar-refractivity contribution in [2.45, 2.75) is 25.8 Å². The molecule has 0 unspecified atom stereocenters. The Balaban J connectivity index is 1.80. The van der Waals surface area contributed by atoms with Gasteiger partial charge in [0, 0.05) is 22.8 Å². The lowest BCUT2D eigenvalue weighted by Gasteiger charge is -2.25. The number of fused-ring (bicyclic) bond motifs is 1. The fourth-order valence-electron chi connectivity index (χ4n) is 2.60. The molecular formula is C14H17ClN2. The van der Waals surface area contributed by atoms with Crippen LogP contribution in [0.5, 0.6) is 0 Å². The van der Waals surface area contributed by atoms with Crippen LogP contribution < -0.4 is 0 Å². The third-order valence-corrected chi connectivity index (χ3v) is 3.72. The van der Waals surface area contributed by atoms with Crippen LogP contribution in [0.2, 0.25) is 5.02 Å². The minimum atomic E-state index is 0.795. The zero-order valence-electron chi connectivity index (χ0n) is 9.88. The smallest absolute Gasteiger partial charge is 0.0471 e. The number of nitrogens with one attached hydrogen (secondary N) is 1. The number of hydrogen-bond acceptors (Lipinski definition) is 1. The van der Waals surface area contributed by atoms with Gasteiger partial charge in [0.05, 0.1) is 0 Å². The molecule has 90 valence electrons. The fraction of sp³-hybridized carbons (Fsp3) is 0.429. The predicted molar refractivity (Wildman–Crippen MR) is 72.4 cm³/mol. The van der Waals surface area contributed by atoms with E-state index in [0.717, 1.165) is 17.1 Å².